The van der Waals surface area contributed by atoms with Gasteiger partial charge in [-0.2, -0.15) is 9.78 Å². The molecule has 0 radical (unpaired) electrons. The normalized spacial score (nSPS) is 17.1. The van der Waals surface area contributed by atoms with Gasteiger partial charge in [0.15, 0.2) is 0 Å². The average molecular weight is 431 g/mol. The maximum atomic E-state index is 12.2. The maximum absolute atomic E-state index is 12.2. The first kappa shape index (κ1) is 20.4. The molecule has 2 aromatic rings. The Morgan fingerprint density at radius 1 is 1.15 bits per heavy atom. The van der Waals surface area contributed by atoms with Gasteiger partial charge in [0.2, 0.25) is 0 Å². The van der Waals surface area contributed by atoms with E-state index in [0.29, 0.717) is 16.8 Å². The van der Waals surface area contributed by atoms with Gasteiger partial charge in [-0.15, -0.1) is 0 Å². The summed E-state index contributed by atoms with van der Waals surface area (Å²) in [7, 11) is 2.15. The van der Waals surface area contributed by atoms with Crippen molar-refractivity contribution in [2.75, 3.05) is 45.1 Å². The van der Waals surface area contributed by atoms with Crippen LogP contribution in [0.4, 0.5) is 5.69 Å². The summed E-state index contributed by atoms with van der Waals surface area (Å²) in [5.41, 5.74) is 0.861. The SMILES string of the molecule is CC(CNc1ccc(-n2ncc(Cl)c(Cl)c2=O)cc1Cl)N1CCN(C)CC1. The zero-order chi connectivity index (χ0) is 19.6. The largest absolute Gasteiger partial charge is 0.382 e. The molecule has 1 aromatic heterocycles. The fraction of sp³-hybridized carbons (Fsp3) is 0.444. The smallest absolute Gasteiger partial charge is 0.291 e. The number of likely N-dealkylation sites (N-methyl/N-ethyl adjacent to an activating group) is 1. The van der Waals surface area contributed by atoms with Crippen LogP contribution < -0.4 is 10.9 Å². The van der Waals surface area contributed by atoms with Crippen LogP contribution in [-0.2, 0) is 0 Å². The van der Waals surface area contributed by atoms with E-state index in [2.05, 4.69) is 34.2 Å². The standard InChI is InChI=1S/C18H22Cl3N5O/c1-12(25-7-5-24(2)6-8-25)10-22-16-4-3-13(9-14(16)19)26-18(27)17(21)15(20)11-23-26/h3-4,9,11-12,22H,5-8,10H2,1-2H3. The number of nitrogens with zero attached hydrogens (tertiary/aromatic N) is 4. The lowest BCUT2D eigenvalue weighted by molar-refractivity contribution is 0.123. The molecule has 9 heteroatoms. The summed E-state index contributed by atoms with van der Waals surface area (Å²) in [5, 5.41) is 7.99. The van der Waals surface area contributed by atoms with E-state index < -0.39 is 5.56 Å². The van der Waals surface area contributed by atoms with E-state index in [0.717, 1.165) is 38.4 Å². The van der Waals surface area contributed by atoms with Crippen LogP contribution in [0.15, 0.2) is 29.2 Å². The highest BCUT2D eigenvalue weighted by atomic mass is 35.5. The number of piperazine rings is 1. The van der Waals surface area contributed by atoms with Gasteiger partial charge in [-0.1, -0.05) is 34.8 Å². The van der Waals surface area contributed by atoms with Gasteiger partial charge >= 0.3 is 0 Å². The second-order valence-corrected chi connectivity index (χ2v) is 7.95. The quantitative estimate of drug-likeness (QED) is 0.789. The molecule has 1 aliphatic heterocycles. The third-order valence-corrected chi connectivity index (χ3v) is 5.88. The van der Waals surface area contributed by atoms with Crippen LogP contribution in [0.1, 0.15) is 6.92 Å². The number of hydrogen-bond acceptors (Lipinski definition) is 5. The number of hydrogen-bond donors (Lipinski definition) is 1. The molecule has 1 saturated heterocycles. The van der Waals surface area contributed by atoms with E-state index in [-0.39, 0.29) is 10.0 Å². The molecule has 1 aromatic carbocycles. The van der Waals surface area contributed by atoms with Crippen LogP contribution in [0.5, 0.6) is 0 Å². The predicted octanol–water partition coefficient (Wildman–Crippen LogP) is 3.24. The van der Waals surface area contributed by atoms with Crippen molar-refractivity contribution in [3.63, 3.8) is 0 Å². The second-order valence-electron chi connectivity index (χ2n) is 6.76. The predicted molar refractivity (Wildman–Crippen MR) is 112 cm³/mol. The zero-order valence-electron chi connectivity index (χ0n) is 15.3. The molecule has 1 unspecified atom stereocenters. The molecule has 0 bridgehead atoms. The Morgan fingerprint density at radius 3 is 2.52 bits per heavy atom. The molecule has 3 rings (SSSR count). The van der Waals surface area contributed by atoms with Gasteiger partial charge in [-0.05, 0) is 32.2 Å². The highest BCUT2D eigenvalue weighted by Crippen LogP contribution is 2.25. The molecule has 2 heterocycles. The molecule has 1 atom stereocenters. The fourth-order valence-electron chi connectivity index (χ4n) is 3.03. The summed E-state index contributed by atoms with van der Waals surface area (Å²) >= 11 is 18.1. The number of halogens is 3. The lowest BCUT2D eigenvalue weighted by atomic mass is 10.2. The third kappa shape index (κ3) is 4.76. The summed E-state index contributed by atoms with van der Waals surface area (Å²) < 4.78 is 1.18. The van der Waals surface area contributed by atoms with Crippen LogP contribution in [0.3, 0.4) is 0 Å². The van der Waals surface area contributed by atoms with Crippen molar-refractivity contribution in [2.24, 2.45) is 0 Å². The molecule has 0 amide bonds. The highest BCUT2D eigenvalue weighted by Gasteiger charge is 2.19. The molecule has 1 aliphatic rings. The van der Waals surface area contributed by atoms with Gasteiger partial charge in [0.1, 0.15) is 5.02 Å². The van der Waals surface area contributed by atoms with Crippen LogP contribution >= 0.6 is 34.8 Å². The van der Waals surface area contributed by atoms with E-state index >= 15 is 0 Å². The Morgan fingerprint density at radius 2 is 1.85 bits per heavy atom. The highest BCUT2D eigenvalue weighted by molar-refractivity contribution is 6.41. The van der Waals surface area contributed by atoms with E-state index in [9.17, 15) is 4.79 Å². The molecule has 0 saturated carbocycles. The number of nitrogens with one attached hydrogen (secondary N) is 1. The van der Waals surface area contributed by atoms with Gasteiger partial charge in [0, 0.05) is 38.8 Å². The van der Waals surface area contributed by atoms with E-state index in [1.54, 1.807) is 12.1 Å². The summed E-state index contributed by atoms with van der Waals surface area (Å²) in [6.07, 6.45) is 1.34. The molecule has 27 heavy (non-hydrogen) atoms. The van der Waals surface area contributed by atoms with E-state index in [1.165, 1.54) is 10.9 Å². The number of aromatic nitrogens is 2. The lowest BCUT2D eigenvalue weighted by Gasteiger charge is -2.36. The van der Waals surface area contributed by atoms with Crippen molar-refractivity contribution >= 4 is 40.5 Å². The first-order chi connectivity index (χ1) is 12.9. The van der Waals surface area contributed by atoms with Gasteiger partial charge < -0.3 is 10.2 Å². The summed E-state index contributed by atoms with van der Waals surface area (Å²) in [6, 6.07) is 5.69. The number of anilines is 1. The van der Waals surface area contributed by atoms with Crippen molar-refractivity contribution in [1.29, 1.82) is 0 Å². The summed E-state index contributed by atoms with van der Waals surface area (Å²) in [4.78, 5) is 17.0. The van der Waals surface area contributed by atoms with Crippen LogP contribution in [-0.4, -0.2) is 65.4 Å². The van der Waals surface area contributed by atoms with E-state index in [1.807, 2.05) is 6.07 Å². The third-order valence-electron chi connectivity index (χ3n) is 4.82. The van der Waals surface area contributed by atoms with Crippen LogP contribution in [0, 0.1) is 0 Å². The first-order valence-electron chi connectivity index (χ1n) is 8.76. The molecule has 1 fully saturated rings. The van der Waals surface area contributed by atoms with Crippen LogP contribution in [0.2, 0.25) is 15.1 Å². The Labute approximate surface area is 173 Å². The monoisotopic (exact) mass is 429 g/mol. The minimum atomic E-state index is -0.482. The summed E-state index contributed by atoms with van der Waals surface area (Å²) in [6.45, 7) is 7.31. The zero-order valence-corrected chi connectivity index (χ0v) is 17.5. The number of rotatable bonds is 5. The van der Waals surface area contributed by atoms with E-state index in [4.69, 9.17) is 34.8 Å². The second kappa shape index (κ2) is 8.80. The van der Waals surface area contributed by atoms with Gasteiger partial charge in [0.05, 0.1) is 27.6 Å². The minimum absolute atomic E-state index is 0.0639. The van der Waals surface area contributed by atoms with Crippen molar-refractivity contribution in [1.82, 2.24) is 19.6 Å². The Bertz CT molecular complexity index is 865. The van der Waals surface area contributed by atoms with Crippen molar-refractivity contribution < 1.29 is 0 Å². The van der Waals surface area contributed by atoms with Crippen molar-refractivity contribution in [3.8, 4) is 5.69 Å². The van der Waals surface area contributed by atoms with Gasteiger partial charge in [0.25, 0.3) is 5.56 Å². The van der Waals surface area contributed by atoms with Gasteiger partial charge in [-0.25, -0.2) is 0 Å². The van der Waals surface area contributed by atoms with Crippen LogP contribution in [0.25, 0.3) is 5.69 Å². The molecule has 0 spiro atoms. The molecule has 1 N–H and O–H groups in total. The Hall–Kier alpha value is -1.31. The Kier molecular flexibility index (Phi) is 6.65. The minimum Gasteiger partial charge on any atom is -0.382 e. The fourth-order valence-corrected chi connectivity index (χ4v) is 3.52. The van der Waals surface area contributed by atoms with Gasteiger partial charge in [-0.3, -0.25) is 9.69 Å². The molecule has 0 aliphatic carbocycles. The molecular weight excluding hydrogens is 409 g/mol. The molecule has 6 nitrogen and oxygen atoms in total. The first-order valence-corrected chi connectivity index (χ1v) is 9.90. The Balaban J connectivity index is 1.68. The van der Waals surface area contributed by atoms with Crippen molar-refractivity contribution in [2.45, 2.75) is 13.0 Å². The molecular formula is C18H22Cl3N5O. The average Bonchev–Trinajstić information content (AvgIpc) is 2.65. The lowest BCUT2D eigenvalue weighted by Crippen LogP contribution is -2.49. The maximum Gasteiger partial charge on any atom is 0.291 e. The topological polar surface area (TPSA) is 53.4 Å². The van der Waals surface area contributed by atoms with Crippen molar-refractivity contribution in [3.05, 3.63) is 49.8 Å². The summed E-state index contributed by atoms with van der Waals surface area (Å²) in [5.74, 6) is 0. The molecule has 146 valence electrons. The number of benzene rings is 1.